The van der Waals surface area contributed by atoms with Gasteiger partial charge in [0, 0.05) is 25.7 Å². The lowest BCUT2D eigenvalue weighted by atomic mass is 9.92. The average Bonchev–Trinajstić information content (AvgIpc) is 2.74. The van der Waals surface area contributed by atoms with Gasteiger partial charge in [-0.1, -0.05) is 0 Å². The van der Waals surface area contributed by atoms with Crippen LogP contribution in [0.2, 0.25) is 0 Å². The summed E-state index contributed by atoms with van der Waals surface area (Å²) in [5.74, 6) is 4.96. The lowest BCUT2D eigenvalue weighted by Crippen LogP contribution is -2.47. The van der Waals surface area contributed by atoms with Crippen molar-refractivity contribution in [1.29, 1.82) is 0 Å². The molecular weight excluding hydrogens is 236 g/mol. The van der Waals surface area contributed by atoms with E-state index in [1.165, 1.54) is 7.11 Å². The molecule has 0 bridgehead atoms. The van der Waals surface area contributed by atoms with Crippen LogP contribution >= 0.6 is 0 Å². The SMILES string of the molecule is COC(=O)NC1CCN(CC(C)(C)C(=O)NN)C1. The molecule has 7 nitrogen and oxygen atoms in total. The molecule has 0 aromatic rings. The minimum atomic E-state index is -0.547. The van der Waals surface area contributed by atoms with Crippen LogP contribution < -0.4 is 16.6 Å². The van der Waals surface area contributed by atoms with Crippen LogP contribution in [-0.4, -0.2) is 49.7 Å². The molecular formula is C11H22N4O3. The van der Waals surface area contributed by atoms with Crippen molar-refractivity contribution in [1.82, 2.24) is 15.6 Å². The predicted molar refractivity (Wildman–Crippen MR) is 66.5 cm³/mol. The number of amides is 2. The van der Waals surface area contributed by atoms with E-state index in [4.69, 9.17) is 5.84 Å². The molecule has 1 atom stereocenters. The number of hydrogen-bond donors (Lipinski definition) is 3. The van der Waals surface area contributed by atoms with Gasteiger partial charge in [-0.2, -0.15) is 0 Å². The Morgan fingerprint density at radius 2 is 2.17 bits per heavy atom. The number of hydrazine groups is 1. The van der Waals surface area contributed by atoms with Crippen molar-refractivity contribution in [3.8, 4) is 0 Å². The Labute approximate surface area is 107 Å². The van der Waals surface area contributed by atoms with Gasteiger partial charge in [-0.25, -0.2) is 10.6 Å². The second-order valence-electron chi connectivity index (χ2n) is 5.21. The zero-order valence-electron chi connectivity index (χ0n) is 11.2. The number of nitrogens with one attached hydrogen (secondary N) is 2. The van der Waals surface area contributed by atoms with Crippen LogP contribution in [0.5, 0.6) is 0 Å². The number of carbonyl (C=O) groups is 2. The average molecular weight is 258 g/mol. The van der Waals surface area contributed by atoms with Gasteiger partial charge in [0.2, 0.25) is 5.91 Å². The normalized spacial score (nSPS) is 20.6. The highest BCUT2D eigenvalue weighted by Gasteiger charge is 2.33. The van der Waals surface area contributed by atoms with Gasteiger partial charge < -0.3 is 15.0 Å². The highest BCUT2D eigenvalue weighted by molar-refractivity contribution is 5.81. The van der Waals surface area contributed by atoms with Crippen molar-refractivity contribution in [3.05, 3.63) is 0 Å². The highest BCUT2D eigenvalue weighted by atomic mass is 16.5. The molecule has 0 radical (unpaired) electrons. The minimum Gasteiger partial charge on any atom is -0.453 e. The fourth-order valence-corrected chi connectivity index (χ4v) is 2.15. The van der Waals surface area contributed by atoms with Crippen LogP contribution in [0, 0.1) is 5.41 Å². The maximum atomic E-state index is 11.6. The number of ether oxygens (including phenoxy) is 1. The van der Waals surface area contributed by atoms with Crippen LogP contribution in [0.3, 0.4) is 0 Å². The van der Waals surface area contributed by atoms with Gasteiger partial charge in [-0.05, 0) is 20.3 Å². The Morgan fingerprint density at radius 3 is 2.72 bits per heavy atom. The molecule has 4 N–H and O–H groups in total. The number of alkyl carbamates (subject to hydrolysis) is 1. The minimum absolute atomic E-state index is 0.0780. The van der Waals surface area contributed by atoms with E-state index in [0.29, 0.717) is 6.54 Å². The Hall–Kier alpha value is -1.34. The molecule has 1 fully saturated rings. The Kier molecular flexibility index (Phi) is 4.92. The first-order chi connectivity index (χ1) is 8.39. The van der Waals surface area contributed by atoms with Crippen molar-refractivity contribution in [3.63, 3.8) is 0 Å². The first kappa shape index (κ1) is 14.7. The lowest BCUT2D eigenvalue weighted by Gasteiger charge is -2.28. The zero-order chi connectivity index (χ0) is 13.8. The highest BCUT2D eigenvalue weighted by Crippen LogP contribution is 2.20. The van der Waals surface area contributed by atoms with E-state index >= 15 is 0 Å². The van der Waals surface area contributed by atoms with Crippen molar-refractivity contribution in [2.24, 2.45) is 11.3 Å². The summed E-state index contributed by atoms with van der Waals surface area (Å²) >= 11 is 0. The number of carbonyl (C=O) groups excluding carboxylic acids is 2. The second kappa shape index (κ2) is 6.01. The van der Waals surface area contributed by atoms with Gasteiger partial charge in [0.15, 0.2) is 0 Å². The molecule has 1 aliphatic heterocycles. The Bertz CT molecular complexity index is 319. The summed E-state index contributed by atoms with van der Waals surface area (Å²) in [4.78, 5) is 24.8. The standard InChI is InChI=1S/C11H22N4O3/c1-11(2,9(16)14-12)7-15-5-4-8(6-15)13-10(17)18-3/h8H,4-7,12H2,1-3H3,(H,13,17)(H,14,16). The Morgan fingerprint density at radius 1 is 1.50 bits per heavy atom. The van der Waals surface area contributed by atoms with Gasteiger partial charge in [0.1, 0.15) is 0 Å². The summed E-state index contributed by atoms with van der Waals surface area (Å²) < 4.78 is 4.55. The lowest BCUT2D eigenvalue weighted by molar-refractivity contribution is -0.130. The topological polar surface area (TPSA) is 96.7 Å². The molecule has 0 saturated carbocycles. The fraction of sp³-hybridized carbons (Fsp3) is 0.818. The molecule has 18 heavy (non-hydrogen) atoms. The molecule has 0 aliphatic carbocycles. The summed E-state index contributed by atoms with van der Waals surface area (Å²) in [6, 6.07) is 0.0780. The largest absolute Gasteiger partial charge is 0.453 e. The maximum absolute atomic E-state index is 11.6. The van der Waals surface area contributed by atoms with E-state index in [9.17, 15) is 9.59 Å². The number of hydrogen-bond acceptors (Lipinski definition) is 5. The first-order valence-electron chi connectivity index (χ1n) is 5.97. The van der Waals surface area contributed by atoms with Gasteiger partial charge in [0.25, 0.3) is 0 Å². The third-order valence-corrected chi connectivity index (χ3v) is 3.14. The Balaban J connectivity index is 2.43. The van der Waals surface area contributed by atoms with Gasteiger partial charge in [-0.3, -0.25) is 10.2 Å². The van der Waals surface area contributed by atoms with E-state index < -0.39 is 11.5 Å². The molecule has 1 saturated heterocycles. The second-order valence-corrected chi connectivity index (χ2v) is 5.21. The summed E-state index contributed by atoms with van der Waals surface area (Å²) in [6.07, 6.45) is 0.441. The van der Waals surface area contributed by atoms with Crippen LogP contribution in [0.1, 0.15) is 20.3 Å². The van der Waals surface area contributed by atoms with Gasteiger partial charge in [-0.15, -0.1) is 0 Å². The first-order valence-corrected chi connectivity index (χ1v) is 5.97. The molecule has 0 spiro atoms. The smallest absolute Gasteiger partial charge is 0.407 e. The summed E-state index contributed by atoms with van der Waals surface area (Å²) in [6.45, 7) is 5.86. The molecule has 1 aliphatic rings. The quantitative estimate of drug-likeness (QED) is 0.356. The monoisotopic (exact) mass is 258 g/mol. The van der Waals surface area contributed by atoms with Gasteiger partial charge >= 0.3 is 6.09 Å². The van der Waals surface area contributed by atoms with E-state index in [1.54, 1.807) is 0 Å². The number of nitrogens with zero attached hydrogens (tertiary/aromatic N) is 1. The predicted octanol–water partition coefficient (Wildman–Crippen LogP) is -0.567. The summed E-state index contributed by atoms with van der Waals surface area (Å²) in [5, 5.41) is 2.76. The molecule has 104 valence electrons. The van der Waals surface area contributed by atoms with E-state index in [2.05, 4.69) is 20.4 Å². The van der Waals surface area contributed by atoms with Crippen LogP contribution in [0.15, 0.2) is 0 Å². The number of rotatable bonds is 4. The summed E-state index contributed by atoms with van der Waals surface area (Å²) in [7, 11) is 1.34. The third kappa shape index (κ3) is 3.85. The zero-order valence-corrected chi connectivity index (χ0v) is 11.2. The maximum Gasteiger partial charge on any atom is 0.407 e. The van der Waals surface area contributed by atoms with Crippen LogP contribution in [-0.2, 0) is 9.53 Å². The molecule has 7 heteroatoms. The van der Waals surface area contributed by atoms with Crippen LogP contribution in [0.4, 0.5) is 4.79 Å². The fourth-order valence-electron chi connectivity index (χ4n) is 2.15. The number of methoxy groups -OCH3 is 1. The van der Waals surface area contributed by atoms with Crippen molar-refractivity contribution < 1.29 is 14.3 Å². The van der Waals surface area contributed by atoms with Gasteiger partial charge in [0.05, 0.1) is 12.5 Å². The molecule has 1 unspecified atom stereocenters. The third-order valence-electron chi connectivity index (χ3n) is 3.14. The molecule has 0 aromatic carbocycles. The molecule has 2 amide bonds. The number of nitrogens with two attached hydrogens (primary N) is 1. The number of likely N-dealkylation sites (tertiary alicyclic amines) is 1. The molecule has 0 aromatic heterocycles. The van der Waals surface area contributed by atoms with Crippen molar-refractivity contribution in [2.75, 3.05) is 26.7 Å². The van der Waals surface area contributed by atoms with E-state index in [0.717, 1.165) is 19.5 Å². The van der Waals surface area contributed by atoms with Crippen LogP contribution in [0.25, 0.3) is 0 Å². The van der Waals surface area contributed by atoms with Crippen molar-refractivity contribution >= 4 is 12.0 Å². The summed E-state index contributed by atoms with van der Waals surface area (Å²) in [5.41, 5.74) is 1.63. The van der Waals surface area contributed by atoms with Crippen molar-refractivity contribution in [2.45, 2.75) is 26.3 Å². The van der Waals surface area contributed by atoms with E-state index in [1.807, 2.05) is 13.8 Å². The molecule has 1 heterocycles. The molecule has 1 rings (SSSR count). The van der Waals surface area contributed by atoms with E-state index in [-0.39, 0.29) is 11.9 Å².